The summed E-state index contributed by atoms with van der Waals surface area (Å²) in [6.45, 7) is 3.95. The van der Waals surface area contributed by atoms with E-state index in [4.69, 9.17) is 4.74 Å². The molecule has 1 amide bonds. The van der Waals surface area contributed by atoms with Gasteiger partial charge in [-0.2, -0.15) is 0 Å². The highest BCUT2D eigenvalue weighted by Crippen LogP contribution is 2.34. The largest absolute Gasteiger partial charge is 0.474 e. The van der Waals surface area contributed by atoms with Crippen molar-refractivity contribution in [2.24, 2.45) is 5.92 Å². The monoisotopic (exact) mass is 499 g/mol. The number of likely N-dealkylation sites (tertiary alicyclic amines) is 2. The molecule has 9 nitrogen and oxygen atoms in total. The molecule has 0 radical (unpaired) electrons. The van der Waals surface area contributed by atoms with Crippen LogP contribution in [0.3, 0.4) is 0 Å². The molecule has 2 aliphatic rings. The van der Waals surface area contributed by atoms with Crippen LogP contribution in [0.5, 0.6) is 5.88 Å². The van der Waals surface area contributed by atoms with Crippen molar-refractivity contribution in [1.29, 1.82) is 0 Å². The van der Waals surface area contributed by atoms with Crippen LogP contribution < -0.4 is 10.1 Å². The zero-order chi connectivity index (χ0) is 25.4. The van der Waals surface area contributed by atoms with Gasteiger partial charge in [0.1, 0.15) is 18.1 Å². The number of ether oxygens (including phenoxy) is 1. The highest BCUT2D eigenvalue weighted by molar-refractivity contribution is 6.00. The molecule has 2 saturated heterocycles. The molecule has 37 heavy (non-hydrogen) atoms. The molecule has 2 N–H and O–H groups in total. The van der Waals surface area contributed by atoms with Crippen molar-refractivity contribution in [1.82, 2.24) is 29.7 Å². The van der Waals surface area contributed by atoms with E-state index in [1.54, 1.807) is 12.5 Å². The highest BCUT2D eigenvalue weighted by Gasteiger charge is 2.24. The van der Waals surface area contributed by atoms with Crippen molar-refractivity contribution in [2.75, 3.05) is 45.6 Å². The molecule has 3 aromatic heterocycles. The van der Waals surface area contributed by atoms with Crippen LogP contribution in [0.25, 0.3) is 33.1 Å². The van der Waals surface area contributed by atoms with Gasteiger partial charge >= 0.3 is 0 Å². The molecule has 0 saturated carbocycles. The predicted molar refractivity (Wildman–Crippen MR) is 145 cm³/mol. The number of carbonyl (C=O) groups excluding carboxylic acids is 1. The maximum absolute atomic E-state index is 12.9. The van der Waals surface area contributed by atoms with Crippen LogP contribution in [0.2, 0.25) is 0 Å². The zero-order valence-electron chi connectivity index (χ0n) is 21.4. The summed E-state index contributed by atoms with van der Waals surface area (Å²) in [5.41, 5.74) is 4.37. The lowest BCUT2D eigenvalue weighted by atomic mass is 9.96. The lowest BCUT2D eigenvalue weighted by Crippen LogP contribution is -2.35. The second-order valence-corrected chi connectivity index (χ2v) is 10.4. The van der Waals surface area contributed by atoms with E-state index in [2.05, 4.69) is 61.3 Å². The van der Waals surface area contributed by atoms with E-state index < -0.39 is 0 Å². The van der Waals surface area contributed by atoms with Crippen LogP contribution in [0, 0.1) is 5.92 Å². The minimum atomic E-state index is 0.0427. The number of carbonyl (C=O) groups is 1. The molecule has 0 aliphatic carbocycles. The summed E-state index contributed by atoms with van der Waals surface area (Å²) in [5, 5.41) is 4.95. The van der Waals surface area contributed by atoms with Crippen molar-refractivity contribution in [3.63, 3.8) is 0 Å². The summed E-state index contributed by atoms with van der Waals surface area (Å²) >= 11 is 0. The van der Waals surface area contributed by atoms with Gasteiger partial charge in [-0.05, 0) is 76.6 Å². The third-order valence-electron chi connectivity index (χ3n) is 7.74. The smallest absolute Gasteiger partial charge is 0.227 e. The van der Waals surface area contributed by atoms with Gasteiger partial charge in [0.25, 0.3) is 0 Å². The van der Waals surface area contributed by atoms with Gasteiger partial charge in [0, 0.05) is 36.2 Å². The van der Waals surface area contributed by atoms with E-state index in [9.17, 15) is 4.79 Å². The van der Waals surface area contributed by atoms with E-state index in [1.807, 2.05) is 18.3 Å². The summed E-state index contributed by atoms with van der Waals surface area (Å²) in [4.78, 5) is 34.2. The lowest BCUT2D eigenvalue weighted by molar-refractivity contribution is -0.121. The van der Waals surface area contributed by atoms with Gasteiger partial charge in [-0.15, -0.1) is 0 Å². The van der Waals surface area contributed by atoms with Crippen LogP contribution in [0.15, 0.2) is 43.0 Å². The van der Waals surface area contributed by atoms with Gasteiger partial charge in [0.2, 0.25) is 11.8 Å². The number of nitrogens with zero attached hydrogens (tertiary/aromatic N) is 5. The maximum atomic E-state index is 12.9. The minimum Gasteiger partial charge on any atom is -0.474 e. The van der Waals surface area contributed by atoms with Crippen LogP contribution >= 0.6 is 0 Å². The summed E-state index contributed by atoms with van der Waals surface area (Å²) in [6.07, 6.45) is 9.15. The average molecular weight is 500 g/mol. The van der Waals surface area contributed by atoms with Crippen LogP contribution in [0.4, 0.5) is 5.69 Å². The van der Waals surface area contributed by atoms with Crippen molar-refractivity contribution in [3.05, 3.63) is 43.0 Å². The molecular weight excluding hydrogens is 466 g/mol. The van der Waals surface area contributed by atoms with Crippen molar-refractivity contribution in [3.8, 4) is 17.0 Å². The Kier molecular flexibility index (Phi) is 6.48. The second kappa shape index (κ2) is 10.1. The van der Waals surface area contributed by atoms with Gasteiger partial charge in [0.05, 0.1) is 22.8 Å². The van der Waals surface area contributed by atoms with Gasteiger partial charge in [0.15, 0.2) is 0 Å². The standard InChI is InChI=1S/C28H33N7O2/c1-34-9-5-18(6-10-34)27(36)33-20-14-22-24(16-30-26(22)29-15-20)19-3-4-25-23(13-19)28(32-17-31-25)37-21-7-11-35(2)12-8-21/h3-4,13-18,21H,5-12H2,1-2H3,(H,29,30)(H,33,36). The molecule has 4 aromatic rings. The summed E-state index contributed by atoms with van der Waals surface area (Å²) in [7, 11) is 4.24. The fourth-order valence-electron chi connectivity index (χ4n) is 5.38. The quantitative estimate of drug-likeness (QED) is 0.429. The van der Waals surface area contributed by atoms with Crippen LogP contribution in [-0.4, -0.2) is 82.0 Å². The zero-order valence-corrected chi connectivity index (χ0v) is 21.4. The molecule has 5 heterocycles. The van der Waals surface area contributed by atoms with Crippen LogP contribution in [-0.2, 0) is 4.79 Å². The van der Waals surface area contributed by atoms with Crippen molar-refractivity contribution < 1.29 is 9.53 Å². The maximum Gasteiger partial charge on any atom is 0.227 e. The Morgan fingerprint density at radius 1 is 0.973 bits per heavy atom. The van der Waals surface area contributed by atoms with Gasteiger partial charge in [-0.3, -0.25) is 4.79 Å². The normalized spacial score (nSPS) is 18.4. The highest BCUT2D eigenvalue weighted by atomic mass is 16.5. The fourth-order valence-corrected chi connectivity index (χ4v) is 5.38. The van der Waals surface area contributed by atoms with E-state index in [-0.39, 0.29) is 17.9 Å². The molecule has 1 aromatic carbocycles. The van der Waals surface area contributed by atoms with Crippen molar-refractivity contribution >= 4 is 33.5 Å². The number of fused-ring (bicyclic) bond motifs is 2. The molecular formula is C28H33N7O2. The molecule has 0 bridgehead atoms. The van der Waals surface area contributed by atoms with E-state index in [1.165, 1.54) is 0 Å². The molecule has 2 fully saturated rings. The Balaban J connectivity index is 1.27. The van der Waals surface area contributed by atoms with E-state index in [0.29, 0.717) is 11.6 Å². The number of amides is 1. The SMILES string of the molecule is CN1CCC(Oc2ncnc3ccc(-c4c[nH]c5ncc(NC(=O)C6CCN(C)CC6)cc45)cc23)CC1. The van der Waals surface area contributed by atoms with Gasteiger partial charge < -0.3 is 24.8 Å². The number of piperidine rings is 2. The Hall–Kier alpha value is -3.56. The van der Waals surface area contributed by atoms with E-state index in [0.717, 1.165) is 84.9 Å². The number of nitrogens with one attached hydrogen (secondary N) is 2. The molecule has 192 valence electrons. The average Bonchev–Trinajstić information content (AvgIpc) is 3.33. The summed E-state index contributed by atoms with van der Waals surface area (Å²) in [6, 6.07) is 8.15. The Labute approximate surface area is 216 Å². The number of pyridine rings is 1. The predicted octanol–water partition coefficient (Wildman–Crippen LogP) is 3.93. The molecule has 6 rings (SSSR count). The number of aromatic nitrogens is 4. The number of H-pyrrole nitrogens is 1. The molecule has 9 heteroatoms. The minimum absolute atomic E-state index is 0.0427. The number of hydrogen-bond acceptors (Lipinski definition) is 7. The summed E-state index contributed by atoms with van der Waals surface area (Å²) in [5.74, 6) is 0.747. The molecule has 0 unspecified atom stereocenters. The first-order chi connectivity index (χ1) is 18.0. The summed E-state index contributed by atoms with van der Waals surface area (Å²) < 4.78 is 6.36. The molecule has 0 atom stereocenters. The lowest BCUT2D eigenvalue weighted by Gasteiger charge is -2.29. The van der Waals surface area contributed by atoms with Crippen LogP contribution in [0.1, 0.15) is 25.7 Å². The fraction of sp³-hybridized carbons (Fsp3) is 0.429. The third kappa shape index (κ3) is 5.01. The Morgan fingerprint density at radius 2 is 1.73 bits per heavy atom. The first-order valence-electron chi connectivity index (χ1n) is 13.1. The second-order valence-electron chi connectivity index (χ2n) is 10.4. The number of anilines is 1. The topological polar surface area (TPSA) is 99.3 Å². The Bertz CT molecular complexity index is 1420. The van der Waals surface area contributed by atoms with Gasteiger partial charge in [-0.1, -0.05) is 6.07 Å². The molecule has 2 aliphatic heterocycles. The van der Waals surface area contributed by atoms with Gasteiger partial charge in [-0.25, -0.2) is 15.0 Å². The number of hydrogen-bond donors (Lipinski definition) is 2. The first kappa shape index (κ1) is 23.8. The first-order valence-corrected chi connectivity index (χ1v) is 13.1. The molecule has 0 spiro atoms. The van der Waals surface area contributed by atoms with Crippen molar-refractivity contribution in [2.45, 2.75) is 31.8 Å². The van der Waals surface area contributed by atoms with E-state index >= 15 is 0 Å². The number of rotatable bonds is 5. The number of benzene rings is 1. The third-order valence-corrected chi connectivity index (χ3v) is 7.74. The number of aromatic amines is 1. The Morgan fingerprint density at radius 3 is 2.51 bits per heavy atom.